The quantitative estimate of drug-likeness (QED) is 0.189. The highest BCUT2D eigenvalue weighted by Crippen LogP contribution is 2.20. The Bertz CT molecular complexity index is 423. The standard InChI is InChI=1S/C22H45N5O.HI/c1-4-23-22(24-12-9-17-28-21-10-7-6-8-11-21)25-18-20(3)19-27-15-13-26(5-2)14-16-27;/h20-21H,4-19H2,1-3H3,(H2,23,24,25);1H. The minimum atomic E-state index is 0. The fourth-order valence-corrected chi connectivity index (χ4v) is 4.14. The van der Waals surface area contributed by atoms with Gasteiger partial charge in [-0.1, -0.05) is 33.1 Å². The zero-order valence-electron chi connectivity index (χ0n) is 19.1. The van der Waals surface area contributed by atoms with Crippen LogP contribution < -0.4 is 10.6 Å². The number of ether oxygens (including phenoxy) is 1. The lowest BCUT2D eigenvalue weighted by Crippen LogP contribution is -2.47. The molecule has 1 saturated heterocycles. The Balaban J connectivity index is 0.00000420. The number of rotatable bonds is 11. The molecule has 2 N–H and O–H groups in total. The van der Waals surface area contributed by atoms with E-state index in [9.17, 15) is 0 Å². The van der Waals surface area contributed by atoms with Gasteiger partial charge in [0.1, 0.15) is 0 Å². The molecule has 1 atom stereocenters. The van der Waals surface area contributed by atoms with Crippen LogP contribution >= 0.6 is 24.0 Å². The van der Waals surface area contributed by atoms with Crippen molar-refractivity contribution in [2.75, 3.05) is 65.5 Å². The summed E-state index contributed by atoms with van der Waals surface area (Å²) in [5, 5.41) is 6.84. The summed E-state index contributed by atoms with van der Waals surface area (Å²) in [7, 11) is 0. The number of nitrogens with zero attached hydrogens (tertiary/aromatic N) is 3. The molecule has 0 spiro atoms. The topological polar surface area (TPSA) is 52.1 Å². The molecule has 1 saturated carbocycles. The van der Waals surface area contributed by atoms with Gasteiger partial charge >= 0.3 is 0 Å². The summed E-state index contributed by atoms with van der Waals surface area (Å²) in [6, 6.07) is 0. The predicted molar refractivity (Wildman–Crippen MR) is 135 cm³/mol. The first-order valence-corrected chi connectivity index (χ1v) is 11.8. The van der Waals surface area contributed by atoms with Crippen molar-refractivity contribution >= 4 is 29.9 Å². The molecule has 0 bridgehead atoms. The van der Waals surface area contributed by atoms with Gasteiger partial charge in [-0.2, -0.15) is 0 Å². The Morgan fingerprint density at radius 3 is 2.38 bits per heavy atom. The molecule has 0 aromatic heterocycles. The summed E-state index contributed by atoms with van der Waals surface area (Å²) in [4.78, 5) is 9.94. The molecule has 0 aromatic rings. The van der Waals surface area contributed by atoms with Crippen molar-refractivity contribution in [3.63, 3.8) is 0 Å². The smallest absolute Gasteiger partial charge is 0.191 e. The van der Waals surface area contributed by atoms with Crippen LogP contribution in [-0.2, 0) is 4.74 Å². The normalized spacial score (nSPS) is 20.9. The average Bonchev–Trinajstić information content (AvgIpc) is 2.73. The number of hydrogen-bond donors (Lipinski definition) is 2. The second-order valence-corrected chi connectivity index (χ2v) is 8.47. The molecule has 29 heavy (non-hydrogen) atoms. The molecule has 0 aromatic carbocycles. The highest BCUT2D eigenvalue weighted by molar-refractivity contribution is 14.0. The van der Waals surface area contributed by atoms with Crippen LogP contribution in [0.1, 0.15) is 59.3 Å². The minimum Gasteiger partial charge on any atom is -0.378 e. The maximum atomic E-state index is 6.01. The van der Waals surface area contributed by atoms with Crippen LogP contribution in [0.2, 0.25) is 0 Å². The third-order valence-electron chi connectivity index (χ3n) is 5.91. The van der Waals surface area contributed by atoms with Gasteiger partial charge in [-0.25, -0.2) is 0 Å². The molecule has 6 nitrogen and oxygen atoms in total. The molecule has 1 unspecified atom stereocenters. The highest BCUT2D eigenvalue weighted by Gasteiger charge is 2.17. The summed E-state index contributed by atoms with van der Waals surface area (Å²) >= 11 is 0. The molecule has 0 radical (unpaired) electrons. The average molecular weight is 524 g/mol. The summed E-state index contributed by atoms with van der Waals surface area (Å²) < 4.78 is 6.01. The van der Waals surface area contributed by atoms with Crippen molar-refractivity contribution in [2.24, 2.45) is 10.9 Å². The van der Waals surface area contributed by atoms with E-state index in [2.05, 4.69) is 41.2 Å². The first-order chi connectivity index (χ1) is 13.7. The maximum Gasteiger partial charge on any atom is 0.191 e. The van der Waals surface area contributed by atoms with Gasteiger partial charge in [-0.3, -0.25) is 4.99 Å². The number of hydrogen-bond acceptors (Lipinski definition) is 4. The Morgan fingerprint density at radius 1 is 1.03 bits per heavy atom. The zero-order valence-corrected chi connectivity index (χ0v) is 21.5. The molecular formula is C22H46IN5O. The summed E-state index contributed by atoms with van der Waals surface area (Å²) in [5.41, 5.74) is 0. The van der Waals surface area contributed by atoms with E-state index < -0.39 is 0 Å². The third kappa shape index (κ3) is 11.7. The highest BCUT2D eigenvalue weighted by atomic mass is 127. The molecule has 1 aliphatic heterocycles. The van der Waals surface area contributed by atoms with Crippen LogP contribution in [0.25, 0.3) is 0 Å². The monoisotopic (exact) mass is 523 g/mol. The summed E-state index contributed by atoms with van der Waals surface area (Å²) in [5.74, 6) is 1.53. The van der Waals surface area contributed by atoms with E-state index >= 15 is 0 Å². The Hall–Kier alpha value is -0.120. The number of guanidine groups is 1. The molecule has 1 aliphatic carbocycles. The molecule has 2 aliphatic rings. The van der Waals surface area contributed by atoms with Gasteiger partial charge in [-0.05, 0) is 38.6 Å². The summed E-state index contributed by atoms with van der Waals surface area (Å²) in [6.45, 7) is 17.4. The van der Waals surface area contributed by atoms with Crippen LogP contribution in [0.5, 0.6) is 0 Å². The maximum absolute atomic E-state index is 6.01. The van der Waals surface area contributed by atoms with Crippen LogP contribution in [0, 0.1) is 5.92 Å². The van der Waals surface area contributed by atoms with Crippen molar-refractivity contribution in [2.45, 2.75) is 65.4 Å². The molecule has 7 heteroatoms. The first-order valence-electron chi connectivity index (χ1n) is 11.8. The Labute approximate surface area is 196 Å². The number of nitrogens with one attached hydrogen (secondary N) is 2. The van der Waals surface area contributed by atoms with E-state index in [1.807, 2.05) is 0 Å². The van der Waals surface area contributed by atoms with E-state index in [1.54, 1.807) is 0 Å². The van der Waals surface area contributed by atoms with Gasteiger partial charge in [-0.15, -0.1) is 24.0 Å². The molecule has 2 rings (SSSR count). The number of likely N-dealkylation sites (N-methyl/N-ethyl adjacent to an activating group) is 1. The van der Waals surface area contributed by atoms with E-state index in [4.69, 9.17) is 9.73 Å². The first kappa shape index (κ1) is 26.9. The van der Waals surface area contributed by atoms with Gasteiger partial charge in [0.2, 0.25) is 0 Å². The lowest BCUT2D eigenvalue weighted by Gasteiger charge is -2.35. The fourth-order valence-electron chi connectivity index (χ4n) is 4.14. The second kappa shape index (κ2) is 16.6. The van der Waals surface area contributed by atoms with E-state index in [1.165, 1.54) is 64.8 Å². The van der Waals surface area contributed by atoms with E-state index in [0.717, 1.165) is 45.2 Å². The van der Waals surface area contributed by atoms with Crippen molar-refractivity contribution in [1.29, 1.82) is 0 Å². The number of aliphatic imine (C=N–C) groups is 1. The zero-order chi connectivity index (χ0) is 20.0. The lowest BCUT2D eigenvalue weighted by molar-refractivity contribution is 0.0277. The molecule has 172 valence electrons. The van der Waals surface area contributed by atoms with Gasteiger partial charge in [0, 0.05) is 59.0 Å². The lowest BCUT2D eigenvalue weighted by atomic mass is 9.98. The third-order valence-corrected chi connectivity index (χ3v) is 5.91. The Morgan fingerprint density at radius 2 is 1.72 bits per heavy atom. The van der Waals surface area contributed by atoms with Crippen molar-refractivity contribution in [1.82, 2.24) is 20.4 Å². The minimum absolute atomic E-state index is 0. The van der Waals surface area contributed by atoms with Gasteiger partial charge in [0.05, 0.1) is 6.10 Å². The fraction of sp³-hybridized carbons (Fsp3) is 0.955. The molecule has 2 fully saturated rings. The van der Waals surface area contributed by atoms with Crippen LogP contribution in [-0.4, -0.2) is 87.4 Å². The number of halogens is 1. The van der Waals surface area contributed by atoms with Crippen LogP contribution in [0.3, 0.4) is 0 Å². The predicted octanol–water partition coefficient (Wildman–Crippen LogP) is 3.17. The largest absolute Gasteiger partial charge is 0.378 e. The van der Waals surface area contributed by atoms with Crippen LogP contribution in [0.4, 0.5) is 0 Å². The SMILES string of the molecule is CCNC(=NCC(C)CN1CCN(CC)CC1)NCCCOC1CCCCC1.I. The van der Waals surface area contributed by atoms with E-state index in [0.29, 0.717) is 12.0 Å². The molecular weight excluding hydrogens is 477 g/mol. The van der Waals surface area contributed by atoms with Crippen LogP contribution in [0.15, 0.2) is 4.99 Å². The number of piperazine rings is 1. The second-order valence-electron chi connectivity index (χ2n) is 8.47. The van der Waals surface area contributed by atoms with E-state index in [-0.39, 0.29) is 24.0 Å². The van der Waals surface area contributed by atoms with Crippen molar-refractivity contribution in [3.8, 4) is 0 Å². The van der Waals surface area contributed by atoms with Crippen molar-refractivity contribution < 1.29 is 4.74 Å². The van der Waals surface area contributed by atoms with Gasteiger partial charge in [0.25, 0.3) is 0 Å². The summed E-state index contributed by atoms with van der Waals surface area (Å²) in [6.07, 6.45) is 8.12. The Kier molecular flexibility index (Phi) is 15.4. The van der Waals surface area contributed by atoms with Gasteiger partial charge in [0.15, 0.2) is 5.96 Å². The van der Waals surface area contributed by atoms with Gasteiger partial charge < -0.3 is 25.2 Å². The van der Waals surface area contributed by atoms with Crippen molar-refractivity contribution in [3.05, 3.63) is 0 Å². The molecule has 1 heterocycles. The molecule has 0 amide bonds.